The maximum Gasteiger partial charge on any atom is 0.241 e. The van der Waals surface area contributed by atoms with Crippen molar-refractivity contribution < 1.29 is 22.4 Å². The molecule has 2 fully saturated rings. The Morgan fingerprint density at radius 3 is 2.45 bits per heavy atom. The second-order valence-electron chi connectivity index (χ2n) is 8.79. The molecule has 0 radical (unpaired) electrons. The Labute approximate surface area is 193 Å². The molecule has 2 aliphatic rings. The molecule has 0 saturated carbocycles. The average molecular weight is 467 g/mol. The van der Waals surface area contributed by atoms with E-state index in [9.17, 15) is 13.2 Å². The molecule has 2 saturated heterocycles. The van der Waals surface area contributed by atoms with Crippen LogP contribution in [0.25, 0.3) is 0 Å². The molecule has 3 heterocycles. The molecule has 1 amide bonds. The second kappa shape index (κ2) is 8.13. The van der Waals surface area contributed by atoms with Crippen LogP contribution in [0, 0.1) is 12.8 Å². The molecule has 2 aliphatic heterocycles. The largest absolute Gasteiger partial charge is 0.468 e. The van der Waals surface area contributed by atoms with E-state index in [1.165, 1.54) is 6.26 Å². The van der Waals surface area contributed by atoms with E-state index in [0.29, 0.717) is 18.8 Å². The molecule has 2 aromatic carbocycles. The third-order valence-corrected chi connectivity index (χ3v) is 8.09. The Hall–Kier alpha value is -2.94. The first-order chi connectivity index (χ1) is 15.8. The number of sulfonamides is 1. The molecule has 0 spiro atoms. The lowest BCUT2D eigenvalue weighted by molar-refractivity contribution is -0.149. The van der Waals surface area contributed by atoms with E-state index in [4.69, 9.17) is 9.15 Å². The molecule has 5 rings (SSSR count). The molecular weight excluding hydrogens is 440 g/mol. The zero-order valence-electron chi connectivity index (χ0n) is 18.5. The van der Waals surface area contributed by atoms with Crippen molar-refractivity contribution in [3.8, 4) is 0 Å². The number of carbonyl (C=O) groups excluding carboxylic acids is 1. The van der Waals surface area contributed by atoms with Crippen molar-refractivity contribution >= 4 is 15.9 Å². The summed E-state index contributed by atoms with van der Waals surface area (Å²) in [4.78, 5) is 15.7. The van der Waals surface area contributed by atoms with Gasteiger partial charge in [-0.3, -0.25) is 4.79 Å². The number of rotatable bonds is 6. The third kappa shape index (κ3) is 3.78. The number of aryl methyl sites for hydroxylation is 1. The zero-order chi connectivity index (χ0) is 23.2. The van der Waals surface area contributed by atoms with E-state index in [-0.39, 0.29) is 16.8 Å². The highest BCUT2D eigenvalue weighted by atomic mass is 32.2. The summed E-state index contributed by atoms with van der Waals surface area (Å²) in [5.41, 5.74) is 0.945. The summed E-state index contributed by atoms with van der Waals surface area (Å²) in [5, 5.41) is 0. The monoisotopic (exact) mass is 466 g/mol. The van der Waals surface area contributed by atoms with Gasteiger partial charge in [-0.05, 0) is 44.5 Å². The molecule has 33 heavy (non-hydrogen) atoms. The standard InChI is InChI=1S/C25H26N2O5S/c1-17-10-12-20(13-11-17)33(29,30)26-23(22-9-6-14-31-22)21-15-19-16-32-25(2,27(19)24(21)28)18-7-4-3-5-8-18/h3-14,19,21,23,26H,15-16H2,1-2H3/t19-,21+,23-,25+/m0/s1. The van der Waals surface area contributed by atoms with Gasteiger partial charge < -0.3 is 14.1 Å². The number of fused-ring (bicyclic) bond motifs is 1. The summed E-state index contributed by atoms with van der Waals surface area (Å²) in [5.74, 6) is -0.363. The fourth-order valence-electron chi connectivity index (χ4n) is 4.90. The van der Waals surface area contributed by atoms with E-state index in [1.807, 2.05) is 44.2 Å². The smallest absolute Gasteiger partial charge is 0.241 e. The van der Waals surface area contributed by atoms with Crippen molar-refractivity contribution in [2.75, 3.05) is 6.61 Å². The minimum absolute atomic E-state index is 0.144. The lowest BCUT2D eigenvalue weighted by atomic mass is 9.95. The maximum absolute atomic E-state index is 13.7. The Balaban J connectivity index is 1.48. The molecule has 4 atom stereocenters. The van der Waals surface area contributed by atoms with Crippen molar-refractivity contribution in [2.24, 2.45) is 5.92 Å². The molecule has 0 aliphatic carbocycles. The van der Waals surface area contributed by atoms with E-state index in [0.717, 1.165) is 11.1 Å². The number of furan rings is 1. The number of carbonyl (C=O) groups is 1. The minimum atomic E-state index is -3.88. The van der Waals surface area contributed by atoms with Gasteiger partial charge in [-0.15, -0.1) is 0 Å². The number of nitrogens with zero attached hydrogens (tertiary/aromatic N) is 1. The zero-order valence-corrected chi connectivity index (χ0v) is 19.3. The van der Waals surface area contributed by atoms with Crippen LogP contribution in [0.4, 0.5) is 0 Å². The first-order valence-electron chi connectivity index (χ1n) is 10.9. The summed E-state index contributed by atoms with van der Waals surface area (Å²) in [6.07, 6.45) is 1.95. The summed E-state index contributed by atoms with van der Waals surface area (Å²) >= 11 is 0. The van der Waals surface area contributed by atoms with Crippen LogP contribution in [0.3, 0.4) is 0 Å². The van der Waals surface area contributed by atoms with Crippen LogP contribution in [0.5, 0.6) is 0 Å². The van der Waals surface area contributed by atoms with Crippen molar-refractivity contribution in [3.63, 3.8) is 0 Å². The van der Waals surface area contributed by atoms with Gasteiger partial charge in [0.1, 0.15) is 5.76 Å². The molecule has 8 heteroatoms. The molecule has 7 nitrogen and oxygen atoms in total. The van der Waals surface area contributed by atoms with Gasteiger partial charge in [-0.2, -0.15) is 4.72 Å². The van der Waals surface area contributed by atoms with E-state index >= 15 is 0 Å². The van der Waals surface area contributed by atoms with Gasteiger partial charge in [0, 0.05) is 5.56 Å². The fourth-order valence-corrected chi connectivity index (χ4v) is 6.14. The Morgan fingerprint density at radius 2 is 1.79 bits per heavy atom. The molecule has 0 bridgehead atoms. The lowest BCUT2D eigenvalue weighted by Crippen LogP contribution is -2.46. The van der Waals surface area contributed by atoms with Crippen LogP contribution in [0.1, 0.15) is 36.3 Å². The van der Waals surface area contributed by atoms with Gasteiger partial charge in [0.25, 0.3) is 0 Å². The van der Waals surface area contributed by atoms with Crippen LogP contribution in [0.2, 0.25) is 0 Å². The number of nitrogens with one attached hydrogen (secondary N) is 1. The van der Waals surface area contributed by atoms with Crippen LogP contribution < -0.4 is 4.72 Å². The Bertz CT molecular complexity index is 1240. The lowest BCUT2D eigenvalue weighted by Gasteiger charge is -2.34. The van der Waals surface area contributed by atoms with Crippen LogP contribution >= 0.6 is 0 Å². The predicted molar refractivity (Wildman–Crippen MR) is 121 cm³/mol. The van der Waals surface area contributed by atoms with Gasteiger partial charge in [0.2, 0.25) is 15.9 Å². The summed E-state index contributed by atoms with van der Waals surface area (Å²) < 4.78 is 40.9. The normalized spacial score (nSPS) is 25.9. The van der Waals surface area contributed by atoms with Crippen LogP contribution in [0.15, 0.2) is 82.3 Å². The highest BCUT2D eigenvalue weighted by Gasteiger charge is 2.57. The van der Waals surface area contributed by atoms with Gasteiger partial charge in [-0.25, -0.2) is 8.42 Å². The number of hydrogen-bond acceptors (Lipinski definition) is 5. The van der Waals surface area contributed by atoms with Crippen LogP contribution in [-0.4, -0.2) is 31.9 Å². The minimum Gasteiger partial charge on any atom is -0.468 e. The summed E-state index contributed by atoms with van der Waals surface area (Å²) in [6.45, 7) is 4.18. The number of amides is 1. The van der Waals surface area contributed by atoms with E-state index in [1.54, 1.807) is 41.3 Å². The molecule has 1 N–H and O–H groups in total. The Kier molecular flexibility index (Phi) is 5.39. The highest BCUT2D eigenvalue weighted by molar-refractivity contribution is 7.89. The maximum atomic E-state index is 13.7. The SMILES string of the molecule is Cc1ccc(S(=O)(=O)N[C@H](c2ccco2)[C@H]2C[C@H]3CO[C@](C)(c4ccccc4)N3C2=O)cc1. The van der Waals surface area contributed by atoms with Gasteiger partial charge in [0.15, 0.2) is 5.72 Å². The van der Waals surface area contributed by atoms with Crippen molar-refractivity contribution in [3.05, 3.63) is 89.9 Å². The van der Waals surface area contributed by atoms with Crippen molar-refractivity contribution in [2.45, 2.75) is 43.0 Å². The second-order valence-corrected chi connectivity index (χ2v) is 10.5. The number of hydrogen-bond donors (Lipinski definition) is 1. The molecule has 3 aromatic rings. The quantitative estimate of drug-likeness (QED) is 0.598. The first kappa shape index (κ1) is 21.9. The molecule has 172 valence electrons. The number of benzene rings is 2. The Morgan fingerprint density at radius 1 is 1.06 bits per heavy atom. The molecular formula is C25H26N2O5S. The van der Waals surface area contributed by atoms with Gasteiger partial charge in [-0.1, -0.05) is 48.0 Å². The third-order valence-electron chi connectivity index (χ3n) is 6.64. The first-order valence-corrected chi connectivity index (χ1v) is 12.4. The molecule has 1 aromatic heterocycles. The highest BCUT2D eigenvalue weighted by Crippen LogP contribution is 2.47. The molecule has 0 unspecified atom stereocenters. The predicted octanol–water partition coefficient (Wildman–Crippen LogP) is 3.73. The van der Waals surface area contributed by atoms with Gasteiger partial charge in [0.05, 0.1) is 35.8 Å². The van der Waals surface area contributed by atoms with Crippen molar-refractivity contribution in [1.29, 1.82) is 0 Å². The number of ether oxygens (including phenoxy) is 1. The fraction of sp³-hybridized carbons (Fsp3) is 0.320. The van der Waals surface area contributed by atoms with Gasteiger partial charge >= 0.3 is 0 Å². The summed E-state index contributed by atoms with van der Waals surface area (Å²) in [6, 6.07) is 18.7. The van der Waals surface area contributed by atoms with E-state index in [2.05, 4.69) is 4.72 Å². The van der Waals surface area contributed by atoms with Crippen molar-refractivity contribution in [1.82, 2.24) is 9.62 Å². The average Bonchev–Trinajstić information content (AvgIpc) is 3.53. The van der Waals surface area contributed by atoms with Crippen LogP contribution in [-0.2, 0) is 25.3 Å². The van der Waals surface area contributed by atoms with E-state index < -0.39 is 27.7 Å². The topological polar surface area (TPSA) is 88.8 Å². The summed E-state index contributed by atoms with van der Waals surface area (Å²) in [7, 11) is -3.88.